The number of benzene rings is 1. The van der Waals surface area contributed by atoms with Gasteiger partial charge in [0, 0.05) is 29.9 Å². The first-order valence-electron chi connectivity index (χ1n) is 6.08. The van der Waals surface area contributed by atoms with Crippen molar-refractivity contribution in [2.24, 2.45) is 5.92 Å². The molecule has 1 fully saturated rings. The molecule has 98 valence electrons. The molecule has 5 heteroatoms. The lowest BCUT2D eigenvalue weighted by Gasteiger charge is -2.10. The predicted molar refractivity (Wildman–Crippen MR) is 74.4 cm³/mol. The molecular formula is C13H17BrN2O2. The second kappa shape index (κ2) is 6.20. The number of nitrogen functional groups attached to an aromatic ring is 1. The number of ether oxygens (including phenoxy) is 1. The summed E-state index contributed by atoms with van der Waals surface area (Å²) in [5, 5.41) is 2.90. The second-order valence-corrected chi connectivity index (χ2v) is 5.42. The topological polar surface area (TPSA) is 64.4 Å². The Labute approximate surface area is 115 Å². The third-order valence-corrected chi connectivity index (χ3v) is 3.62. The lowest BCUT2D eigenvalue weighted by molar-refractivity contribution is 0.0951. The Hall–Kier alpha value is -1.07. The Kier molecular flexibility index (Phi) is 4.60. The van der Waals surface area contributed by atoms with Gasteiger partial charge in [0.1, 0.15) is 0 Å². The average molecular weight is 313 g/mol. The summed E-state index contributed by atoms with van der Waals surface area (Å²) in [5.74, 6) is 0.456. The second-order valence-electron chi connectivity index (χ2n) is 4.51. The zero-order valence-electron chi connectivity index (χ0n) is 10.1. The molecule has 1 aromatic carbocycles. The highest BCUT2D eigenvalue weighted by Gasteiger charge is 2.16. The monoisotopic (exact) mass is 312 g/mol. The molecule has 0 radical (unpaired) electrons. The Morgan fingerprint density at radius 1 is 1.56 bits per heavy atom. The molecule has 0 aromatic heterocycles. The van der Waals surface area contributed by atoms with Crippen LogP contribution in [0.4, 0.5) is 5.69 Å². The summed E-state index contributed by atoms with van der Waals surface area (Å²) < 4.78 is 6.15. The number of halogens is 1. The van der Waals surface area contributed by atoms with E-state index in [0.29, 0.717) is 23.7 Å². The highest BCUT2D eigenvalue weighted by molar-refractivity contribution is 9.10. The maximum absolute atomic E-state index is 11.9. The van der Waals surface area contributed by atoms with E-state index < -0.39 is 0 Å². The summed E-state index contributed by atoms with van der Waals surface area (Å²) in [5.41, 5.74) is 6.80. The summed E-state index contributed by atoms with van der Waals surface area (Å²) >= 11 is 3.33. The van der Waals surface area contributed by atoms with Crippen LogP contribution in [0.1, 0.15) is 23.2 Å². The largest absolute Gasteiger partial charge is 0.398 e. The standard InChI is InChI=1S/C13H17BrN2O2/c14-10-1-2-12(15)11(7-10)13(17)16-5-3-9-4-6-18-8-9/h1-2,7,9H,3-6,8,15H2,(H,16,17). The minimum Gasteiger partial charge on any atom is -0.398 e. The van der Waals surface area contributed by atoms with E-state index in [1.807, 2.05) is 6.07 Å². The number of rotatable bonds is 4. The molecule has 1 amide bonds. The lowest BCUT2D eigenvalue weighted by atomic mass is 10.1. The number of carbonyl (C=O) groups excluding carboxylic acids is 1. The number of nitrogens with one attached hydrogen (secondary N) is 1. The maximum atomic E-state index is 11.9. The number of carbonyl (C=O) groups is 1. The van der Waals surface area contributed by atoms with Gasteiger partial charge in [0.2, 0.25) is 0 Å². The van der Waals surface area contributed by atoms with Crippen LogP contribution in [-0.4, -0.2) is 25.7 Å². The van der Waals surface area contributed by atoms with E-state index in [9.17, 15) is 4.79 Å². The number of anilines is 1. The smallest absolute Gasteiger partial charge is 0.253 e. The summed E-state index contributed by atoms with van der Waals surface area (Å²) in [6, 6.07) is 5.29. The number of nitrogens with two attached hydrogens (primary N) is 1. The number of hydrogen-bond acceptors (Lipinski definition) is 3. The van der Waals surface area contributed by atoms with E-state index in [-0.39, 0.29) is 5.91 Å². The van der Waals surface area contributed by atoms with Gasteiger partial charge in [0.15, 0.2) is 0 Å². The van der Waals surface area contributed by atoms with Crippen LogP contribution in [0.2, 0.25) is 0 Å². The van der Waals surface area contributed by atoms with Gasteiger partial charge >= 0.3 is 0 Å². The van der Waals surface area contributed by atoms with Gasteiger partial charge in [-0.05, 0) is 37.0 Å². The van der Waals surface area contributed by atoms with E-state index in [0.717, 1.165) is 30.5 Å². The molecule has 1 heterocycles. The van der Waals surface area contributed by atoms with E-state index >= 15 is 0 Å². The van der Waals surface area contributed by atoms with Gasteiger partial charge in [0.25, 0.3) is 5.91 Å². The SMILES string of the molecule is Nc1ccc(Br)cc1C(=O)NCCC1CCOC1. The minimum absolute atomic E-state index is 0.118. The highest BCUT2D eigenvalue weighted by atomic mass is 79.9. The van der Waals surface area contributed by atoms with E-state index in [2.05, 4.69) is 21.2 Å². The van der Waals surface area contributed by atoms with Crippen LogP contribution in [-0.2, 0) is 4.74 Å². The highest BCUT2D eigenvalue weighted by Crippen LogP contribution is 2.19. The lowest BCUT2D eigenvalue weighted by Crippen LogP contribution is -2.26. The molecule has 1 atom stereocenters. The molecule has 1 aliphatic heterocycles. The van der Waals surface area contributed by atoms with Crippen LogP contribution in [0.25, 0.3) is 0 Å². The third kappa shape index (κ3) is 3.46. The average Bonchev–Trinajstić information content (AvgIpc) is 2.85. The van der Waals surface area contributed by atoms with Crippen LogP contribution in [0.5, 0.6) is 0 Å². The fourth-order valence-electron chi connectivity index (χ4n) is 2.02. The zero-order valence-corrected chi connectivity index (χ0v) is 11.7. The van der Waals surface area contributed by atoms with Crippen molar-refractivity contribution in [3.05, 3.63) is 28.2 Å². The molecule has 3 N–H and O–H groups in total. The first-order chi connectivity index (χ1) is 8.66. The first kappa shape index (κ1) is 13.4. The van der Waals surface area contributed by atoms with Crippen LogP contribution < -0.4 is 11.1 Å². The predicted octanol–water partition coefficient (Wildman–Crippen LogP) is 2.19. The fraction of sp³-hybridized carbons (Fsp3) is 0.462. The van der Waals surface area contributed by atoms with Gasteiger partial charge in [-0.2, -0.15) is 0 Å². The van der Waals surface area contributed by atoms with Crippen molar-refractivity contribution in [3.63, 3.8) is 0 Å². The quantitative estimate of drug-likeness (QED) is 0.838. The molecular weight excluding hydrogens is 296 g/mol. The summed E-state index contributed by atoms with van der Waals surface area (Å²) in [6.45, 7) is 2.32. The molecule has 1 unspecified atom stereocenters. The van der Waals surface area contributed by atoms with Crippen LogP contribution in [0.3, 0.4) is 0 Å². The van der Waals surface area contributed by atoms with Crippen molar-refractivity contribution in [2.75, 3.05) is 25.5 Å². The number of amides is 1. The van der Waals surface area contributed by atoms with Crippen molar-refractivity contribution in [2.45, 2.75) is 12.8 Å². The van der Waals surface area contributed by atoms with Crippen molar-refractivity contribution < 1.29 is 9.53 Å². The molecule has 2 rings (SSSR count). The molecule has 0 aliphatic carbocycles. The van der Waals surface area contributed by atoms with Crippen molar-refractivity contribution in [3.8, 4) is 0 Å². The molecule has 0 saturated carbocycles. The van der Waals surface area contributed by atoms with Crippen molar-refractivity contribution >= 4 is 27.5 Å². The van der Waals surface area contributed by atoms with E-state index in [1.54, 1.807) is 12.1 Å². The van der Waals surface area contributed by atoms with Crippen molar-refractivity contribution in [1.82, 2.24) is 5.32 Å². The molecule has 18 heavy (non-hydrogen) atoms. The third-order valence-electron chi connectivity index (χ3n) is 3.12. The van der Waals surface area contributed by atoms with Crippen LogP contribution >= 0.6 is 15.9 Å². The van der Waals surface area contributed by atoms with E-state index in [1.165, 1.54) is 0 Å². The van der Waals surface area contributed by atoms with Gasteiger partial charge < -0.3 is 15.8 Å². The normalized spacial score (nSPS) is 18.8. The van der Waals surface area contributed by atoms with Crippen LogP contribution in [0, 0.1) is 5.92 Å². The van der Waals surface area contributed by atoms with Crippen molar-refractivity contribution in [1.29, 1.82) is 0 Å². The number of hydrogen-bond donors (Lipinski definition) is 2. The summed E-state index contributed by atoms with van der Waals surface area (Å²) in [7, 11) is 0. The summed E-state index contributed by atoms with van der Waals surface area (Å²) in [6.07, 6.45) is 2.05. The van der Waals surface area contributed by atoms with Gasteiger partial charge in [-0.3, -0.25) is 4.79 Å². The van der Waals surface area contributed by atoms with Crippen LogP contribution in [0.15, 0.2) is 22.7 Å². The maximum Gasteiger partial charge on any atom is 0.253 e. The van der Waals surface area contributed by atoms with Gasteiger partial charge in [-0.15, -0.1) is 0 Å². The molecule has 4 nitrogen and oxygen atoms in total. The van der Waals surface area contributed by atoms with Gasteiger partial charge in [-0.25, -0.2) is 0 Å². The minimum atomic E-state index is -0.118. The molecule has 0 bridgehead atoms. The Balaban J connectivity index is 1.85. The van der Waals surface area contributed by atoms with E-state index in [4.69, 9.17) is 10.5 Å². The Morgan fingerprint density at radius 2 is 2.39 bits per heavy atom. The molecule has 1 aliphatic rings. The van der Waals surface area contributed by atoms with Gasteiger partial charge in [0.05, 0.1) is 5.56 Å². The molecule has 0 spiro atoms. The fourth-order valence-corrected chi connectivity index (χ4v) is 2.38. The molecule has 1 aromatic rings. The first-order valence-corrected chi connectivity index (χ1v) is 6.87. The Morgan fingerprint density at radius 3 is 3.11 bits per heavy atom. The van der Waals surface area contributed by atoms with Gasteiger partial charge in [-0.1, -0.05) is 15.9 Å². The molecule has 1 saturated heterocycles. The Bertz CT molecular complexity index is 431. The summed E-state index contributed by atoms with van der Waals surface area (Å²) in [4.78, 5) is 11.9. The zero-order chi connectivity index (χ0) is 13.0.